The summed E-state index contributed by atoms with van der Waals surface area (Å²) in [6, 6.07) is 102. The van der Waals surface area contributed by atoms with Crippen molar-refractivity contribution >= 4 is 55.9 Å². The molecule has 0 amide bonds. The van der Waals surface area contributed by atoms with E-state index in [0.29, 0.717) is 28.2 Å². The highest BCUT2D eigenvalue weighted by molar-refractivity contribution is 6.12. The molecule has 0 atom stereocenters. The molecule has 11 aromatic carbocycles. The molecular weight excluding hydrogens is 963 g/mol. The first kappa shape index (κ1) is 47.6. The summed E-state index contributed by atoms with van der Waals surface area (Å²) in [4.78, 5) is 14.5. The van der Waals surface area contributed by atoms with E-state index in [-0.39, 0.29) is 0 Å². The molecule has 0 saturated carbocycles. The van der Waals surface area contributed by atoms with E-state index in [0.717, 1.165) is 101 Å². The normalized spacial score (nSPS) is 11.0. The lowest BCUT2D eigenvalue weighted by Gasteiger charge is -2.26. The van der Waals surface area contributed by atoms with Gasteiger partial charge < -0.3 is 14.4 Å². The third kappa shape index (κ3) is 9.21. The number of aromatic nitrogens is 3. The summed E-state index contributed by atoms with van der Waals surface area (Å²) in [7, 11) is 0. The Hall–Kier alpha value is -11.1. The first-order valence-electron chi connectivity index (χ1n) is 26.2. The van der Waals surface area contributed by atoms with E-state index in [1.165, 1.54) is 0 Å². The molecule has 7 nitrogen and oxygen atoms in total. The van der Waals surface area contributed by atoms with Gasteiger partial charge in [-0.3, -0.25) is 0 Å². The van der Waals surface area contributed by atoms with Crippen LogP contribution in [-0.4, -0.2) is 14.5 Å². The second-order valence-electron chi connectivity index (χ2n) is 19.2. The number of hydrogen-bond acceptors (Lipinski definition) is 6. The summed E-state index contributed by atoms with van der Waals surface area (Å²) in [6.45, 7) is 0. The molecule has 0 saturated heterocycles. The number of benzene rings is 11. The zero-order chi connectivity index (χ0) is 53.1. The predicted octanol–water partition coefficient (Wildman–Crippen LogP) is 18.6. The van der Waals surface area contributed by atoms with Crippen LogP contribution in [0.2, 0.25) is 0 Å². The molecule has 0 spiro atoms. The summed E-state index contributed by atoms with van der Waals surface area (Å²) in [5, 5.41) is 24.1. The van der Waals surface area contributed by atoms with Gasteiger partial charge in [-0.2, -0.15) is 10.5 Å². The Morgan fingerprint density at radius 2 is 0.671 bits per heavy atom. The van der Waals surface area contributed by atoms with E-state index in [9.17, 15) is 10.5 Å². The SMILES string of the molecule is N#Cc1cc(-n2c3ccc(N(c4ccccc4)c4ccccc4)cc3c3cc(N(c4ccccc4)c4ccccc4)ccc32)c(C#N)cc1-c1ccc(-c2ccc(-c3cc(-c4ccccc4)nc(-c4ccccc4)n3)cc2)cc1. The van der Waals surface area contributed by atoms with E-state index in [1.807, 2.05) is 103 Å². The molecule has 7 heteroatoms. The van der Waals surface area contributed by atoms with Gasteiger partial charge in [-0.05, 0) is 120 Å². The minimum absolute atomic E-state index is 0.446. The average molecular weight is 1010 g/mol. The third-order valence-electron chi connectivity index (χ3n) is 14.5. The third-order valence-corrected chi connectivity index (χ3v) is 14.5. The highest BCUT2D eigenvalue weighted by Crippen LogP contribution is 2.44. The predicted molar refractivity (Wildman–Crippen MR) is 322 cm³/mol. The van der Waals surface area contributed by atoms with Gasteiger partial charge in [0.25, 0.3) is 0 Å². The van der Waals surface area contributed by atoms with Crippen molar-refractivity contribution in [1.29, 1.82) is 10.5 Å². The van der Waals surface area contributed by atoms with Crippen molar-refractivity contribution in [1.82, 2.24) is 14.5 Å². The monoisotopic (exact) mass is 1010 g/mol. The van der Waals surface area contributed by atoms with Gasteiger partial charge in [-0.1, -0.05) is 182 Å². The maximum atomic E-state index is 11.1. The molecule has 0 radical (unpaired) electrons. The maximum Gasteiger partial charge on any atom is 0.160 e. The molecule has 0 unspecified atom stereocenters. The zero-order valence-electron chi connectivity index (χ0n) is 42.8. The van der Waals surface area contributed by atoms with E-state index < -0.39 is 0 Å². The lowest BCUT2D eigenvalue weighted by Crippen LogP contribution is -2.09. The van der Waals surface area contributed by atoms with E-state index >= 15 is 0 Å². The van der Waals surface area contributed by atoms with Crippen LogP contribution in [-0.2, 0) is 0 Å². The van der Waals surface area contributed by atoms with E-state index in [4.69, 9.17) is 9.97 Å². The topological polar surface area (TPSA) is 84.8 Å². The standard InChI is InChI=1S/C72H47N7/c73-48-56-44-71(57(49-74)43-64(56)52-35-31-50(32-36-52)51-33-37-54(38-34-51)68-47-67(53-19-7-1-8-20-53)75-72(76-68)55-21-9-2-10-22-55)79-69-41-39-62(77(58-23-11-3-12-24-58)59-25-13-4-14-26-59)45-65(69)66-46-63(40-42-70(66)79)78(60-27-15-5-16-28-60)61-29-17-6-18-30-61/h1-47H. The van der Waals surface area contributed by atoms with Crippen LogP contribution in [0.4, 0.5) is 34.1 Å². The zero-order valence-corrected chi connectivity index (χ0v) is 42.8. The number of hydrogen-bond donors (Lipinski definition) is 0. The van der Waals surface area contributed by atoms with Crippen molar-refractivity contribution in [3.05, 3.63) is 296 Å². The van der Waals surface area contributed by atoms with Crippen LogP contribution in [0.15, 0.2) is 285 Å². The number of fused-ring (bicyclic) bond motifs is 3. The minimum Gasteiger partial charge on any atom is -0.310 e. The lowest BCUT2D eigenvalue weighted by molar-refractivity contribution is 1.16. The molecule has 0 aliphatic carbocycles. The molecule has 2 aromatic heterocycles. The van der Waals surface area contributed by atoms with Gasteiger partial charge in [0, 0.05) is 67.2 Å². The number of nitrogens with zero attached hydrogens (tertiary/aromatic N) is 7. The van der Waals surface area contributed by atoms with Gasteiger partial charge in [0.1, 0.15) is 6.07 Å². The van der Waals surface area contributed by atoms with Crippen LogP contribution in [0.25, 0.3) is 83.6 Å². The van der Waals surface area contributed by atoms with Gasteiger partial charge in [0.2, 0.25) is 0 Å². The van der Waals surface area contributed by atoms with Crippen molar-refractivity contribution in [3.8, 4) is 74.0 Å². The first-order chi connectivity index (χ1) is 39.1. The van der Waals surface area contributed by atoms with Crippen molar-refractivity contribution in [2.75, 3.05) is 9.80 Å². The van der Waals surface area contributed by atoms with Crippen LogP contribution >= 0.6 is 0 Å². The maximum absolute atomic E-state index is 11.1. The van der Waals surface area contributed by atoms with Crippen LogP contribution in [0.5, 0.6) is 0 Å². The Kier molecular flexibility index (Phi) is 12.6. The second-order valence-corrected chi connectivity index (χ2v) is 19.2. The van der Waals surface area contributed by atoms with Crippen molar-refractivity contribution < 1.29 is 0 Å². The fraction of sp³-hybridized carbons (Fsp3) is 0. The molecule has 79 heavy (non-hydrogen) atoms. The average Bonchev–Trinajstić information content (AvgIpc) is 4.06. The van der Waals surface area contributed by atoms with Gasteiger partial charge in [-0.15, -0.1) is 0 Å². The molecule has 370 valence electrons. The molecule has 2 heterocycles. The molecular formula is C72H47N7. The summed E-state index contributed by atoms with van der Waals surface area (Å²) >= 11 is 0. The van der Waals surface area contributed by atoms with Crippen LogP contribution in [0.1, 0.15) is 11.1 Å². The highest BCUT2D eigenvalue weighted by Gasteiger charge is 2.23. The van der Waals surface area contributed by atoms with Gasteiger partial charge >= 0.3 is 0 Å². The largest absolute Gasteiger partial charge is 0.310 e. The van der Waals surface area contributed by atoms with Crippen LogP contribution < -0.4 is 9.80 Å². The second kappa shape index (κ2) is 20.9. The Morgan fingerprint density at radius 1 is 0.304 bits per heavy atom. The molecule has 0 bridgehead atoms. The molecule has 0 N–H and O–H groups in total. The smallest absolute Gasteiger partial charge is 0.160 e. The quantitative estimate of drug-likeness (QED) is 0.121. The molecule has 13 aromatic rings. The van der Waals surface area contributed by atoms with Gasteiger partial charge in [-0.25, -0.2) is 9.97 Å². The van der Waals surface area contributed by atoms with Gasteiger partial charge in [0.15, 0.2) is 5.82 Å². The Balaban J connectivity index is 0.896. The highest BCUT2D eigenvalue weighted by atomic mass is 15.1. The number of nitriles is 2. The number of anilines is 6. The first-order valence-corrected chi connectivity index (χ1v) is 26.2. The molecule has 0 fully saturated rings. The summed E-state index contributed by atoms with van der Waals surface area (Å²) in [5.41, 5.74) is 17.6. The van der Waals surface area contributed by atoms with Crippen molar-refractivity contribution in [3.63, 3.8) is 0 Å². The number of para-hydroxylation sites is 4. The van der Waals surface area contributed by atoms with Gasteiger partial charge in [0.05, 0.1) is 45.3 Å². The molecule has 0 aliphatic heterocycles. The van der Waals surface area contributed by atoms with Crippen molar-refractivity contribution in [2.45, 2.75) is 0 Å². The summed E-state index contributed by atoms with van der Waals surface area (Å²) < 4.78 is 2.14. The Bertz CT molecular complexity index is 4120. The van der Waals surface area contributed by atoms with E-state index in [1.54, 1.807) is 0 Å². The lowest BCUT2D eigenvalue weighted by atomic mass is 9.94. The summed E-state index contributed by atoms with van der Waals surface area (Å²) in [5.74, 6) is 0.670. The fourth-order valence-electron chi connectivity index (χ4n) is 10.7. The van der Waals surface area contributed by atoms with Crippen LogP contribution in [0, 0.1) is 22.7 Å². The van der Waals surface area contributed by atoms with Crippen molar-refractivity contribution in [2.24, 2.45) is 0 Å². The van der Waals surface area contributed by atoms with Crippen LogP contribution in [0.3, 0.4) is 0 Å². The summed E-state index contributed by atoms with van der Waals surface area (Å²) in [6.07, 6.45) is 0. The molecule has 0 aliphatic rings. The fourth-order valence-corrected chi connectivity index (χ4v) is 10.7. The molecule has 13 rings (SSSR count). The Morgan fingerprint density at radius 3 is 1.09 bits per heavy atom. The Labute approximate surface area is 458 Å². The van der Waals surface area contributed by atoms with E-state index in [2.05, 4.69) is 208 Å². The minimum atomic E-state index is 0.446. The number of rotatable bonds is 12.